The van der Waals surface area contributed by atoms with Gasteiger partial charge in [-0.3, -0.25) is 0 Å². The number of hydrogen-bond acceptors (Lipinski definition) is 2. The van der Waals surface area contributed by atoms with Crippen molar-refractivity contribution in [1.29, 1.82) is 0 Å². The zero-order valence-electron chi connectivity index (χ0n) is 11.5. The Hall–Kier alpha value is -2.36. The minimum Gasteiger partial charge on any atom is -0.341 e. The lowest BCUT2D eigenvalue weighted by atomic mass is 10.1. The number of H-pyrrole nitrogens is 1. The van der Waals surface area contributed by atoms with Crippen LogP contribution in [0.25, 0.3) is 11.0 Å². The highest BCUT2D eigenvalue weighted by Crippen LogP contribution is 2.18. The fraction of sp³-hybridized carbons (Fsp3) is 0.188. The van der Waals surface area contributed by atoms with Crippen LogP contribution in [0, 0.1) is 12.7 Å². The molecule has 102 valence electrons. The Labute approximate surface area is 117 Å². The highest BCUT2D eigenvalue weighted by Gasteiger charge is 2.08. The fourth-order valence-electron chi connectivity index (χ4n) is 2.27. The molecular weight excluding hydrogens is 253 g/mol. The lowest BCUT2D eigenvalue weighted by Gasteiger charge is -2.16. The molecule has 0 atom stereocenters. The molecule has 20 heavy (non-hydrogen) atoms. The number of halogens is 1. The first-order valence-corrected chi connectivity index (χ1v) is 6.54. The number of aromatic nitrogens is 2. The summed E-state index contributed by atoms with van der Waals surface area (Å²) in [6, 6.07) is 13.1. The molecule has 0 saturated heterocycles. The predicted molar refractivity (Wildman–Crippen MR) is 79.3 cm³/mol. The molecule has 1 heterocycles. The van der Waals surface area contributed by atoms with Crippen molar-refractivity contribution in [3.63, 3.8) is 0 Å². The third-order valence-corrected chi connectivity index (χ3v) is 3.38. The van der Waals surface area contributed by atoms with Gasteiger partial charge in [-0.2, -0.15) is 0 Å². The molecule has 4 heteroatoms. The van der Waals surface area contributed by atoms with Gasteiger partial charge in [0.05, 0.1) is 11.0 Å². The van der Waals surface area contributed by atoms with E-state index >= 15 is 0 Å². The van der Waals surface area contributed by atoms with E-state index in [0.717, 1.165) is 22.5 Å². The number of nitrogens with zero attached hydrogens (tertiary/aromatic N) is 2. The normalized spacial score (nSPS) is 10.9. The summed E-state index contributed by atoms with van der Waals surface area (Å²) in [4.78, 5) is 9.85. The standard InChI is InChI=1S/C16H16FN3/c1-11-9-12(7-8-13(11)17)10-20(2)16-18-14-5-3-4-6-15(14)19-16/h3-9H,10H2,1-2H3,(H,18,19). The molecule has 0 unspecified atom stereocenters. The quantitative estimate of drug-likeness (QED) is 0.787. The average molecular weight is 269 g/mol. The lowest BCUT2D eigenvalue weighted by molar-refractivity contribution is 0.617. The van der Waals surface area contributed by atoms with E-state index in [-0.39, 0.29) is 5.82 Å². The van der Waals surface area contributed by atoms with Gasteiger partial charge >= 0.3 is 0 Å². The highest BCUT2D eigenvalue weighted by molar-refractivity contribution is 5.77. The van der Waals surface area contributed by atoms with Crippen LogP contribution < -0.4 is 4.90 Å². The lowest BCUT2D eigenvalue weighted by Crippen LogP contribution is -2.17. The van der Waals surface area contributed by atoms with Crippen LogP contribution >= 0.6 is 0 Å². The van der Waals surface area contributed by atoms with E-state index in [1.165, 1.54) is 6.07 Å². The molecule has 3 aromatic rings. The Morgan fingerprint density at radius 2 is 2.00 bits per heavy atom. The molecule has 0 aliphatic carbocycles. The van der Waals surface area contributed by atoms with E-state index in [9.17, 15) is 4.39 Å². The Bertz CT molecular complexity index is 715. The summed E-state index contributed by atoms with van der Waals surface area (Å²) in [5, 5.41) is 0. The van der Waals surface area contributed by atoms with Crippen molar-refractivity contribution in [2.45, 2.75) is 13.5 Å². The Morgan fingerprint density at radius 1 is 1.20 bits per heavy atom. The number of anilines is 1. The van der Waals surface area contributed by atoms with Gasteiger partial charge in [0.15, 0.2) is 0 Å². The van der Waals surface area contributed by atoms with E-state index in [1.807, 2.05) is 48.3 Å². The first kappa shape index (κ1) is 12.7. The highest BCUT2D eigenvalue weighted by atomic mass is 19.1. The topological polar surface area (TPSA) is 31.9 Å². The second-order valence-corrected chi connectivity index (χ2v) is 5.02. The van der Waals surface area contributed by atoms with Crippen molar-refractivity contribution in [3.8, 4) is 0 Å². The summed E-state index contributed by atoms with van der Waals surface area (Å²) in [6.07, 6.45) is 0. The first-order valence-electron chi connectivity index (χ1n) is 6.54. The zero-order valence-corrected chi connectivity index (χ0v) is 11.5. The van der Waals surface area contributed by atoms with Gasteiger partial charge in [0.25, 0.3) is 0 Å². The van der Waals surface area contributed by atoms with Crippen LogP contribution in [0.1, 0.15) is 11.1 Å². The minimum atomic E-state index is -0.167. The van der Waals surface area contributed by atoms with Crippen LogP contribution in [0.3, 0.4) is 0 Å². The van der Waals surface area contributed by atoms with E-state index in [0.29, 0.717) is 12.1 Å². The number of hydrogen-bond donors (Lipinski definition) is 1. The molecule has 3 nitrogen and oxygen atoms in total. The second-order valence-electron chi connectivity index (χ2n) is 5.02. The van der Waals surface area contributed by atoms with Crippen molar-refractivity contribution in [2.24, 2.45) is 0 Å². The number of imidazole rings is 1. The van der Waals surface area contributed by atoms with Crippen molar-refractivity contribution >= 4 is 17.0 Å². The van der Waals surface area contributed by atoms with E-state index in [1.54, 1.807) is 6.92 Å². The Morgan fingerprint density at radius 3 is 2.75 bits per heavy atom. The van der Waals surface area contributed by atoms with Crippen LogP contribution in [0.5, 0.6) is 0 Å². The smallest absolute Gasteiger partial charge is 0.203 e. The first-order chi connectivity index (χ1) is 9.63. The molecule has 0 aliphatic rings. The maximum atomic E-state index is 13.3. The third kappa shape index (κ3) is 2.37. The summed E-state index contributed by atoms with van der Waals surface area (Å²) in [5.74, 6) is 0.647. The molecule has 2 aromatic carbocycles. The SMILES string of the molecule is Cc1cc(CN(C)c2nc3ccccc3[nH]2)ccc1F. The molecule has 1 N–H and O–H groups in total. The molecular formula is C16H16FN3. The van der Waals surface area contributed by atoms with Crippen LogP contribution in [0.2, 0.25) is 0 Å². The predicted octanol–water partition coefficient (Wildman–Crippen LogP) is 3.65. The van der Waals surface area contributed by atoms with Gasteiger partial charge in [0.2, 0.25) is 5.95 Å². The molecule has 0 bridgehead atoms. The van der Waals surface area contributed by atoms with Crippen LogP contribution in [0.15, 0.2) is 42.5 Å². The van der Waals surface area contributed by atoms with E-state index < -0.39 is 0 Å². The third-order valence-electron chi connectivity index (χ3n) is 3.38. The number of benzene rings is 2. The van der Waals surface area contributed by atoms with E-state index in [2.05, 4.69) is 9.97 Å². The fourth-order valence-corrected chi connectivity index (χ4v) is 2.27. The van der Waals surface area contributed by atoms with Gasteiger partial charge in [0.1, 0.15) is 5.82 Å². The number of fused-ring (bicyclic) bond motifs is 1. The van der Waals surface area contributed by atoms with Crippen LogP contribution in [0.4, 0.5) is 10.3 Å². The van der Waals surface area contributed by atoms with Crippen molar-refractivity contribution in [2.75, 3.05) is 11.9 Å². The number of nitrogens with one attached hydrogen (secondary N) is 1. The largest absolute Gasteiger partial charge is 0.341 e. The summed E-state index contributed by atoms with van der Waals surface area (Å²) in [5.41, 5.74) is 3.70. The molecule has 1 aromatic heterocycles. The molecule has 0 aliphatic heterocycles. The number of aryl methyl sites for hydroxylation is 1. The van der Waals surface area contributed by atoms with Gasteiger partial charge in [-0.1, -0.05) is 24.3 Å². The summed E-state index contributed by atoms with van der Waals surface area (Å²) in [7, 11) is 1.97. The van der Waals surface area contributed by atoms with Crippen LogP contribution in [-0.2, 0) is 6.54 Å². The molecule has 0 radical (unpaired) electrons. The Balaban J connectivity index is 1.84. The van der Waals surface area contributed by atoms with Gasteiger partial charge in [-0.05, 0) is 36.2 Å². The molecule has 0 saturated carbocycles. The number of rotatable bonds is 3. The summed E-state index contributed by atoms with van der Waals surface area (Å²) in [6.45, 7) is 2.46. The van der Waals surface area contributed by atoms with Gasteiger partial charge in [0, 0.05) is 13.6 Å². The van der Waals surface area contributed by atoms with Crippen molar-refractivity contribution in [1.82, 2.24) is 9.97 Å². The van der Waals surface area contributed by atoms with Gasteiger partial charge in [-0.15, -0.1) is 0 Å². The number of aromatic amines is 1. The molecule has 0 amide bonds. The monoisotopic (exact) mass is 269 g/mol. The number of para-hydroxylation sites is 2. The molecule has 0 spiro atoms. The molecule has 0 fully saturated rings. The van der Waals surface area contributed by atoms with Crippen molar-refractivity contribution in [3.05, 3.63) is 59.4 Å². The van der Waals surface area contributed by atoms with Crippen LogP contribution in [-0.4, -0.2) is 17.0 Å². The van der Waals surface area contributed by atoms with Gasteiger partial charge in [-0.25, -0.2) is 9.37 Å². The van der Waals surface area contributed by atoms with E-state index in [4.69, 9.17) is 0 Å². The average Bonchev–Trinajstić information content (AvgIpc) is 2.87. The second kappa shape index (κ2) is 4.96. The molecule has 3 rings (SSSR count). The maximum absolute atomic E-state index is 13.3. The Kier molecular flexibility index (Phi) is 3.14. The minimum absolute atomic E-state index is 0.167. The summed E-state index contributed by atoms with van der Waals surface area (Å²) < 4.78 is 13.3. The summed E-state index contributed by atoms with van der Waals surface area (Å²) >= 11 is 0. The van der Waals surface area contributed by atoms with Crippen molar-refractivity contribution < 1.29 is 4.39 Å². The van der Waals surface area contributed by atoms with Gasteiger partial charge < -0.3 is 9.88 Å². The maximum Gasteiger partial charge on any atom is 0.203 e. The zero-order chi connectivity index (χ0) is 14.1.